The van der Waals surface area contributed by atoms with Crippen LogP contribution in [0.1, 0.15) is 31.9 Å². The van der Waals surface area contributed by atoms with Crippen LogP contribution in [0.5, 0.6) is 11.5 Å². The Labute approximate surface area is 128 Å². The molecule has 0 bridgehead atoms. The maximum atomic E-state index is 11.5. The second-order valence-electron chi connectivity index (χ2n) is 5.07. The van der Waals surface area contributed by atoms with Crippen molar-refractivity contribution in [3.63, 3.8) is 0 Å². The Morgan fingerprint density at radius 1 is 1.27 bits per heavy atom. The van der Waals surface area contributed by atoms with E-state index in [1.807, 2.05) is 6.92 Å². The van der Waals surface area contributed by atoms with Gasteiger partial charge >= 0.3 is 11.9 Å². The Hall–Kier alpha value is -2.28. The first kappa shape index (κ1) is 17.8. The summed E-state index contributed by atoms with van der Waals surface area (Å²) in [4.78, 5) is 22.8. The normalized spacial score (nSPS) is 14.9. The number of rotatable bonds is 8. The van der Waals surface area contributed by atoms with Crippen molar-refractivity contribution in [3.8, 4) is 11.5 Å². The molecular weight excluding hydrogens is 290 g/mol. The third kappa shape index (κ3) is 4.11. The number of carboxylic acid groups (broad SMARTS) is 2. The minimum absolute atomic E-state index is 0.118. The van der Waals surface area contributed by atoms with Crippen molar-refractivity contribution < 1.29 is 29.6 Å². The number of methoxy groups -OCH3 is 1. The van der Waals surface area contributed by atoms with Gasteiger partial charge in [0.2, 0.25) is 0 Å². The minimum Gasteiger partial charge on any atom is -0.504 e. The predicted molar refractivity (Wildman–Crippen MR) is 79.1 cm³/mol. The Morgan fingerprint density at radius 3 is 2.36 bits per heavy atom. The molecule has 7 nitrogen and oxygen atoms in total. The van der Waals surface area contributed by atoms with Gasteiger partial charge in [0.25, 0.3) is 0 Å². The molecule has 0 aromatic heterocycles. The number of aromatic hydroxyl groups is 1. The smallest absolute Gasteiger partial charge is 0.325 e. The summed E-state index contributed by atoms with van der Waals surface area (Å²) < 4.78 is 4.95. The molecule has 0 saturated heterocycles. The highest BCUT2D eigenvalue weighted by atomic mass is 16.5. The summed E-state index contributed by atoms with van der Waals surface area (Å²) in [6.45, 7) is 3.57. The van der Waals surface area contributed by atoms with Gasteiger partial charge in [-0.15, -0.1) is 0 Å². The molecule has 0 spiro atoms. The van der Waals surface area contributed by atoms with Crippen LogP contribution in [-0.4, -0.2) is 40.4 Å². The number of carbonyl (C=O) groups is 2. The van der Waals surface area contributed by atoms with Crippen LogP contribution in [0.25, 0.3) is 0 Å². The zero-order valence-corrected chi connectivity index (χ0v) is 12.7. The van der Waals surface area contributed by atoms with E-state index in [0.29, 0.717) is 12.0 Å². The number of carboxylic acids is 2. The van der Waals surface area contributed by atoms with Gasteiger partial charge in [0.15, 0.2) is 11.5 Å². The van der Waals surface area contributed by atoms with Crippen LogP contribution in [0.4, 0.5) is 0 Å². The lowest BCUT2D eigenvalue weighted by Crippen LogP contribution is -2.45. The highest BCUT2D eigenvalue weighted by Crippen LogP contribution is 2.29. The van der Waals surface area contributed by atoms with E-state index >= 15 is 0 Å². The average molecular weight is 311 g/mol. The Bertz CT molecular complexity index is 545. The molecule has 1 unspecified atom stereocenters. The molecule has 0 radical (unpaired) electrons. The quantitative estimate of drug-likeness (QED) is 0.576. The van der Waals surface area contributed by atoms with Crippen LogP contribution in [0.15, 0.2) is 18.2 Å². The van der Waals surface area contributed by atoms with Crippen LogP contribution in [-0.2, 0) is 9.59 Å². The lowest BCUT2D eigenvalue weighted by molar-refractivity contribution is -0.143. The van der Waals surface area contributed by atoms with Crippen molar-refractivity contribution in [1.29, 1.82) is 0 Å². The number of ether oxygens (including phenoxy) is 1. The highest BCUT2D eigenvalue weighted by Gasteiger charge is 2.30. The zero-order valence-electron chi connectivity index (χ0n) is 12.7. The van der Waals surface area contributed by atoms with Gasteiger partial charge in [0.1, 0.15) is 12.1 Å². The summed E-state index contributed by atoms with van der Waals surface area (Å²) in [5.74, 6) is -2.54. The first-order valence-electron chi connectivity index (χ1n) is 6.90. The minimum atomic E-state index is -1.22. The fourth-order valence-electron chi connectivity index (χ4n) is 2.08. The molecule has 0 saturated carbocycles. The van der Waals surface area contributed by atoms with Gasteiger partial charge in [-0.25, -0.2) is 0 Å². The number of phenols is 1. The Morgan fingerprint density at radius 2 is 1.91 bits per heavy atom. The van der Waals surface area contributed by atoms with Gasteiger partial charge < -0.3 is 20.1 Å². The molecule has 0 aliphatic heterocycles. The summed E-state index contributed by atoms with van der Waals surface area (Å²) in [6.07, 6.45) is 0.592. The van der Waals surface area contributed by atoms with E-state index in [2.05, 4.69) is 5.32 Å². The molecule has 1 rings (SSSR count). The maximum absolute atomic E-state index is 11.5. The SMILES string of the molecule is CC[C@H](C)[C@H](NC(C(=O)O)c1ccc(O)c(OC)c1)C(=O)O. The van der Waals surface area contributed by atoms with Crippen molar-refractivity contribution in [1.82, 2.24) is 5.32 Å². The monoisotopic (exact) mass is 311 g/mol. The average Bonchev–Trinajstić information content (AvgIpc) is 2.47. The van der Waals surface area contributed by atoms with Gasteiger partial charge in [-0.2, -0.15) is 0 Å². The molecule has 0 aliphatic rings. The Balaban J connectivity index is 3.13. The number of phenolic OH excluding ortho intramolecular Hbond substituents is 1. The van der Waals surface area contributed by atoms with Crippen molar-refractivity contribution in [2.75, 3.05) is 7.11 Å². The molecular formula is C15H21NO6. The fourth-order valence-corrected chi connectivity index (χ4v) is 2.08. The van der Waals surface area contributed by atoms with E-state index in [1.165, 1.54) is 25.3 Å². The molecule has 0 aliphatic carbocycles. The molecule has 7 heteroatoms. The molecule has 0 fully saturated rings. The van der Waals surface area contributed by atoms with Crippen molar-refractivity contribution in [2.45, 2.75) is 32.4 Å². The molecule has 0 heterocycles. The molecule has 1 aromatic carbocycles. The molecule has 122 valence electrons. The number of benzene rings is 1. The van der Waals surface area contributed by atoms with E-state index in [-0.39, 0.29) is 17.4 Å². The number of hydrogen-bond acceptors (Lipinski definition) is 5. The van der Waals surface area contributed by atoms with E-state index in [4.69, 9.17) is 4.74 Å². The lowest BCUT2D eigenvalue weighted by Gasteiger charge is -2.25. The summed E-state index contributed by atoms with van der Waals surface area (Å²) in [6, 6.07) is 1.89. The molecule has 3 atom stereocenters. The van der Waals surface area contributed by atoms with Crippen LogP contribution in [0.3, 0.4) is 0 Å². The van der Waals surface area contributed by atoms with E-state index in [1.54, 1.807) is 6.92 Å². The first-order chi connectivity index (χ1) is 10.3. The Kier molecular flexibility index (Phi) is 6.18. The molecule has 22 heavy (non-hydrogen) atoms. The van der Waals surface area contributed by atoms with Crippen molar-refractivity contribution in [2.24, 2.45) is 5.92 Å². The standard InChI is InChI=1S/C15H21NO6/c1-4-8(2)12(14(18)19)16-13(15(20)21)9-5-6-10(17)11(7-9)22-3/h5-8,12-13,16-17H,4H2,1-3H3,(H,18,19)(H,20,21)/t8-,12-,13?/m0/s1. The highest BCUT2D eigenvalue weighted by molar-refractivity contribution is 5.79. The molecule has 1 aromatic rings. The second-order valence-corrected chi connectivity index (χ2v) is 5.07. The largest absolute Gasteiger partial charge is 0.504 e. The number of aliphatic carboxylic acids is 2. The van der Waals surface area contributed by atoms with Crippen LogP contribution < -0.4 is 10.1 Å². The summed E-state index contributed by atoms with van der Waals surface area (Å²) >= 11 is 0. The van der Waals surface area contributed by atoms with Gasteiger partial charge in [-0.1, -0.05) is 26.3 Å². The van der Waals surface area contributed by atoms with Crippen LogP contribution >= 0.6 is 0 Å². The van der Waals surface area contributed by atoms with Gasteiger partial charge in [-0.3, -0.25) is 14.9 Å². The second kappa shape index (κ2) is 7.65. The lowest BCUT2D eigenvalue weighted by atomic mass is 9.96. The van der Waals surface area contributed by atoms with Crippen molar-refractivity contribution >= 4 is 11.9 Å². The van der Waals surface area contributed by atoms with Crippen LogP contribution in [0.2, 0.25) is 0 Å². The summed E-state index contributed by atoms with van der Waals surface area (Å²) in [5, 5.41) is 30.9. The molecule has 0 amide bonds. The van der Waals surface area contributed by atoms with Crippen LogP contribution in [0, 0.1) is 5.92 Å². The first-order valence-corrected chi connectivity index (χ1v) is 6.90. The van der Waals surface area contributed by atoms with Crippen molar-refractivity contribution in [3.05, 3.63) is 23.8 Å². The van der Waals surface area contributed by atoms with E-state index < -0.39 is 24.0 Å². The third-order valence-corrected chi connectivity index (χ3v) is 3.61. The number of hydrogen-bond donors (Lipinski definition) is 4. The van der Waals surface area contributed by atoms with E-state index in [9.17, 15) is 24.9 Å². The summed E-state index contributed by atoms with van der Waals surface area (Å²) in [5.41, 5.74) is 0.303. The topological polar surface area (TPSA) is 116 Å². The van der Waals surface area contributed by atoms with Gasteiger partial charge in [-0.05, 0) is 23.6 Å². The summed E-state index contributed by atoms with van der Waals surface area (Å²) in [7, 11) is 1.35. The van der Waals surface area contributed by atoms with Gasteiger partial charge in [0.05, 0.1) is 7.11 Å². The fraction of sp³-hybridized carbons (Fsp3) is 0.467. The van der Waals surface area contributed by atoms with E-state index in [0.717, 1.165) is 0 Å². The number of nitrogens with one attached hydrogen (secondary N) is 1. The van der Waals surface area contributed by atoms with Gasteiger partial charge in [0, 0.05) is 0 Å². The third-order valence-electron chi connectivity index (χ3n) is 3.61. The zero-order chi connectivity index (χ0) is 16.9. The molecule has 4 N–H and O–H groups in total. The predicted octanol–water partition coefficient (Wildman–Crippen LogP) is 1.62. The maximum Gasteiger partial charge on any atom is 0.325 e.